The maximum Gasteiger partial charge on any atom is 0.303 e. The number of carboxylic acids is 1. The molecule has 0 aliphatic carbocycles. The number of aryl methyl sites for hydroxylation is 2. The number of anilines is 2. The Morgan fingerprint density at radius 3 is 2.81 bits per heavy atom. The molecule has 192 valence electrons. The van der Waals surface area contributed by atoms with Crippen molar-refractivity contribution in [3.8, 4) is 5.88 Å². The van der Waals surface area contributed by atoms with Gasteiger partial charge in [-0.05, 0) is 62.5 Å². The van der Waals surface area contributed by atoms with Gasteiger partial charge in [0.2, 0.25) is 5.88 Å². The standard InChI is InChI=1S/C27H35N5O3S/c1-35-25-10-8-21(18-30-25)20(16-27(33)34)7-9-22-19-36-26(31-22)6-2-3-12-28-24-17-23(11-13-29-24)32-14-4-5-15-32/h8,10-11,13,17-20H,2-7,9,12,14-16H2,1H3,(H,28,29)(H,33,34). The number of aromatic nitrogens is 3. The second-order valence-corrected chi connectivity index (χ2v) is 10.1. The first-order valence-corrected chi connectivity index (χ1v) is 13.6. The molecule has 4 heterocycles. The Hall–Kier alpha value is -3.20. The molecule has 9 heteroatoms. The van der Waals surface area contributed by atoms with E-state index < -0.39 is 5.97 Å². The van der Waals surface area contributed by atoms with E-state index in [0.717, 1.165) is 73.8 Å². The zero-order valence-electron chi connectivity index (χ0n) is 20.9. The van der Waals surface area contributed by atoms with Crippen molar-refractivity contribution in [3.63, 3.8) is 0 Å². The zero-order valence-corrected chi connectivity index (χ0v) is 21.7. The lowest BCUT2D eigenvalue weighted by Gasteiger charge is -2.18. The molecule has 0 radical (unpaired) electrons. The molecular formula is C27H35N5O3S. The average Bonchev–Trinajstić information content (AvgIpc) is 3.59. The highest BCUT2D eigenvalue weighted by Crippen LogP contribution is 2.27. The number of nitrogens with one attached hydrogen (secondary N) is 1. The highest BCUT2D eigenvalue weighted by Gasteiger charge is 2.17. The highest BCUT2D eigenvalue weighted by molar-refractivity contribution is 7.09. The maximum atomic E-state index is 11.4. The quantitative estimate of drug-likeness (QED) is 0.287. The van der Waals surface area contributed by atoms with Gasteiger partial charge in [-0.15, -0.1) is 11.3 Å². The molecule has 0 aromatic carbocycles. The maximum absolute atomic E-state index is 11.4. The Kier molecular flexibility index (Phi) is 9.49. The molecule has 1 atom stereocenters. The molecule has 3 aromatic rings. The molecule has 1 unspecified atom stereocenters. The predicted molar refractivity (Wildman–Crippen MR) is 143 cm³/mol. The average molecular weight is 510 g/mol. The van der Waals surface area contributed by atoms with E-state index in [1.165, 1.54) is 18.5 Å². The molecule has 1 fully saturated rings. The number of unbranched alkanes of at least 4 members (excludes halogenated alkanes) is 1. The molecule has 1 aliphatic rings. The van der Waals surface area contributed by atoms with E-state index in [0.29, 0.717) is 5.88 Å². The third kappa shape index (κ3) is 7.65. The van der Waals surface area contributed by atoms with Gasteiger partial charge >= 0.3 is 5.97 Å². The van der Waals surface area contributed by atoms with Gasteiger partial charge in [0.25, 0.3) is 0 Å². The number of hydrogen-bond donors (Lipinski definition) is 2. The van der Waals surface area contributed by atoms with E-state index in [9.17, 15) is 9.90 Å². The van der Waals surface area contributed by atoms with Gasteiger partial charge in [0.15, 0.2) is 0 Å². The first kappa shape index (κ1) is 25.9. The number of aliphatic carboxylic acids is 1. The molecule has 4 rings (SSSR count). The number of methoxy groups -OCH3 is 1. The second-order valence-electron chi connectivity index (χ2n) is 9.18. The summed E-state index contributed by atoms with van der Waals surface area (Å²) in [6.07, 6.45) is 10.8. The molecule has 0 spiro atoms. The Bertz CT molecular complexity index is 1100. The van der Waals surface area contributed by atoms with Gasteiger partial charge in [0, 0.05) is 55.2 Å². The first-order chi connectivity index (χ1) is 17.6. The van der Waals surface area contributed by atoms with E-state index in [4.69, 9.17) is 9.72 Å². The van der Waals surface area contributed by atoms with Crippen molar-refractivity contribution < 1.29 is 14.6 Å². The zero-order chi connectivity index (χ0) is 25.2. The summed E-state index contributed by atoms with van der Waals surface area (Å²) < 4.78 is 5.11. The van der Waals surface area contributed by atoms with Crippen LogP contribution >= 0.6 is 11.3 Å². The molecular weight excluding hydrogens is 474 g/mol. The van der Waals surface area contributed by atoms with Gasteiger partial charge in [0.05, 0.1) is 24.2 Å². The molecule has 3 aromatic heterocycles. The minimum Gasteiger partial charge on any atom is -0.481 e. The Balaban J connectivity index is 1.19. The summed E-state index contributed by atoms with van der Waals surface area (Å²) in [7, 11) is 1.57. The van der Waals surface area contributed by atoms with Crippen LogP contribution in [-0.4, -0.2) is 52.8 Å². The monoisotopic (exact) mass is 509 g/mol. The van der Waals surface area contributed by atoms with E-state index in [-0.39, 0.29) is 12.3 Å². The molecule has 36 heavy (non-hydrogen) atoms. The molecule has 1 aliphatic heterocycles. The molecule has 1 saturated heterocycles. The predicted octanol–water partition coefficient (Wildman–Crippen LogP) is 5.17. The summed E-state index contributed by atoms with van der Waals surface area (Å²) in [6.45, 7) is 3.16. The van der Waals surface area contributed by atoms with E-state index in [1.54, 1.807) is 30.7 Å². The first-order valence-electron chi connectivity index (χ1n) is 12.7. The van der Waals surface area contributed by atoms with Crippen molar-refractivity contribution in [2.45, 2.75) is 57.3 Å². The topological polar surface area (TPSA) is 100 Å². The van der Waals surface area contributed by atoms with Gasteiger partial charge in [-0.25, -0.2) is 15.0 Å². The van der Waals surface area contributed by atoms with Crippen molar-refractivity contribution in [3.05, 3.63) is 58.3 Å². The van der Waals surface area contributed by atoms with E-state index >= 15 is 0 Å². The van der Waals surface area contributed by atoms with Crippen molar-refractivity contribution in [2.75, 3.05) is 37.0 Å². The van der Waals surface area contributed by atoms with Crippen LogP contribution in [0.25, 0.3) is 0 Å². The minimum absolute atomic E-state index is 0.0772. The van der Waals surface area contributed by atoms with Crippen LogP contribution in [0, 0.1) is 0 Å². The van der Waals surface area contributed by atoms with Gasteiger partial charge < -0.3 is 20.1 Å². The fraction of sp³-hybridized carbons (Fsp3) is 0.481. The number of thiazole rings is 1. The van der Waals surface area contributed by atoms with Gasteiger partial charge in [0.1, 0.15) is 5.82 Å². The van der Waals surface area contributed by atoms with Crippen LogP contribution in [0.5, 0.6) is 5.88 Å². The largest absolute Gasteiger partial charge is 0.481 e. The number of ether oxygens (including phenoxy) is 1. The molecule has 0 bridgehead atoms. The third-order valence-electron chi connectivity index (χ3n) is 6.55. The van der Waals surface area contributed by atoms with Crippen molar-refractivity contribution in [1.29, 1.82) is 0 Å². The Morgan fingerprint density at radius 1 is 1.19 bits per heavy atom. The van der Waals surface area contributed by atoms with Gasteiger partial charge in [-0.3, -0.25) is 4.79 Å². The minimum atomic E-state index is -0.804. The van der Waals surface area contributed by atoms with Crippen molar-refractivity contribution in [1.82, 2.24) is 15.0 Å². The van der Waals surface area contributed by atoms with Crippen LogP contribution in [0.15, 0.2) is 42.0 Å². The molecule has 2 N–H and O–H groups in total. The lowest BCUT2D eigenvalue weighted by molar-refractivity contribution is -0.137. The smallest absolute Gasteiger partial charge is 0.303 e. The second kappa shape index (κ2) is 13.2. The molecule has 8 nitrogen and oxygen atoms in total. The lowest BCUT2D eigenvalue weighted by atomic mass is 9.92. The van der Waals surface area contributed by atoms with Crippen LogP contribution in [0.3, 0.4) is 0 Å². The summed E-state index contributed by atoms with van der Waals surface area (Å²) in [5.74, 6) is 0.564. The summed E-state index contributed by atoms with van der Waals surface area (Å²) in [5, 5.41) is 16.1. The fourth-order valence-corrected chi connectivity index (χ4v) is 5.43. The van der Waals surface area contributed by atoms with Crippen LogP contribution in [0.1, 0.15) is 60.7 Å². The summed E-state index contributed by atoms with van der Waals surface area (Å²) in [6, 6.07) is 7.92. The summed E-state index contributed by atoms with van der Waals surface area (Å²) >= 11 is 1.69. The van der Waals surface area contributed by atoms with Crippen LogP contribution < -0.4 is 15.0 Å². The number of carboxylic acid groups (broad SMARTS) is 1. The van der Waals surface area contributed by atoms with E-state index in [1.807, 2.05) is 12.3 Å². The number of nitrogens with zero attached hydrogens (tertiary/aromatic N) is 4. The molecule has 0 amide bonds. The number of rotatable bonds is 14. The van der Waals surface area contributed by atoms with Gasteiger partial charge in [-0.1, -0.05) is 6.07 Å². The number of pyridine rings is 2. The SMILES string of the molecule is COc1ccc(C(CCc2csc(CCCCNc3cc(N4CCCC4)ccn3)n2)CC(=O)O)cn1. The van der Waals surface area contributed by atoms with Crippen LogP contribution in [0.4, 0.5) is 11.5 Å². The number of carbonyl (C=O) groups is 1. The molecule has 0 saturated carbocycles. The normalized spacial score (nSPS) is 14.1. The highest BCUT2D eigenvalue weighted by atomic mass is 32.1. The number of hydrogen-bond acceptors (Lipinski definition) is 8. The third-order valence-corrected chi connectivity index (χ3v) is 7.50. The van der Waals surface area contributed by atoms with Crippen LogP contribution in [0.2, 0.25) is 0 Å². The fourth-order valence-electron chi connectivity index (χ4n) is 4.56. The summed E-state index contributed by atoms with van der Waals surface area (Å²) in [5.41, 5.74) is 3.21. The lowest BCUT2D eigenvalue weighted by Crippen LogP contribution is -2.17. The van der Waals surface area contributed by atoms with E-state index in [2.05, 4.69) is 37.7 Å². The Morgan fingerprint density at radius 2 is 2.06 bits per heavy atom. The van der Waals surface area contributed by atoms with Gasteiger partial charge in [-0.2, -0.15) is 0 Å². The van der Waals surface area contributed by atoms with Crippen molar-refractivity contribution >= 4 is 28.8 Å². The van der Waals surface area contributed by atoms with Crippen molar-refractivity contribution in [2.24, 2.45) is 0 Å². The van der Waals surface area contributed by atoms with Crippen LogP contribution in [-0.2, 0) is 17.6 Å². The Labute approximate surface area is 216 Å². The summed E-state index contributed by atoms with van der Waals surface area (Å²) in [4.78, 5) is 27.3.